The Labute approximate surface area is 152 Å². The first-order chi connectivity index (χ1) is 11.2. The highest BCUT2D eigenvalue weighted by Gasteiger charge is 2.22. The van der Waals surface area contributed by atoms with E-state index >= 15 is 0 Å². The molecule has 1 aromatic heterocycles. The lowest BCUT2D eigenvalue weighted by Gasteiger charge is -2.26. The Morgan fingerprint density at radius 3 is 2.58 bits per heavy atom. The molecule has 2 aromatic rings. The standard InChI is InChI=1S/C18H20Cl2N2O2/c1-18(2,3)24-17(23)22(4)16-11-13(19)8-7-12(16)10-15-14(20)6-5-9-21-15/h5-9,11H,10H2,1-4H3. The van der Waals surface area contributed by atoms with Crippen molar-refractivity contribution in [2.24, 2.45) is 0 Å². The van der Waals surface area contributed by atoms with Crippen molar-refractivity contribution in [1.29, 1.82) is 0 Å². The smallest absolute Gasteiger partial charge is 0.414 e. The Morgan fingerprint density at radius 1 is 1.25 bits per heavy atom. The normalized spacial score (nSPS) is 11.2. The number of carbonyl (C=O) groups is 1. The highest BCUT2D eigenvalue weighted by atomic mass is 35.5. The molecule has 0 atom stereocenters. The summed E-state index contributed by atoms with van der Waals surface area (Å²) in [5.41, 5.74) is 1.71. The largest absolute Gasteiger partial charge is 0.443 e. The Kier molecular flexibility index (Phi) is 5.73. The van der Waals surface area contributed by atoms with E-state index in [0.717, 1.165) is 11.3 Å². The van der Waals surface area contributed by atoms with Gasteiger partial charge in [0.05, 0.1) is 16.4 Å². The zero-order valence-electron chi connectivity index (χ0n) is 14.1. The van der Waals surface area contributed by atoms with Gasteiger partial charge < -0.3 is 4.74 Å². The quantitative estimate of drug-likeness (QED) is 0.734. The number of benzene rings is 1. The SMILES string of the molecule is CN(C(=O)OC(C)(C)C)c1cc(Cl)ccc1Cc1ncccc1Cl. The van der Waals surface area contributed by atoms with Crippen LogP contribution in [0.2, 0.25) is 10.0 Å². The van der Waals surface area contributed by atoms with Crippen molar-refractivity contribution in [2.45, 2.75) is 32.8 Å². The molecule has 0 spiro atoms. The van der Waals surface area contributed by atoms with Crippen molar-refractivity contribution in [3.8, 4) is 0 Å². The predicted molar refractivity (Wildman–Crippen MR) is 98.1 cm³/mol. The molecular weight excluding hydrogens is 347 g/mol. The number of carbonyl (C=O) groups excluding carboxylic acids is 1. The van der Waals surface area contributed by atoms with Crippen molar-refractivity contribution in [3.05, 3.63) is 57.8 Å². The fourth-order valence-corrected chi connectivity index (χ4v) is 2.51. The van der Waals surface area contributed by atoms with Gasteiger partial charge in [-0.25, -0.2) is 4.79 Å². The molecule has 0 N–H and O–H groups in total. The van der Waals surface area contributed by atoms with Crippen LogP contribution in [-0.4, -0.2) is 23.7 Å². The lowest BCUT2D eigenvalue weighted by atomic mass is 10.1. The molecule has 0 aliphatic heterocycles. The van der Waals surface area contributed by atoms with Gasteiger partial charge in [-0.1, -0.05) is 29.3 Å². The van der Waals surface area contributed by atoms with E-state index < -0.39 is 11.7 Å². The second-order valence-electron chi connectivity index (χ2n) is 6.42. The average molecular weight is 367 g/mol. The van der Waals surface area contributed by atoms with Gasteiger partial charge in [0, 0.05) is 24.7 Å². The van der Waals surface area contributed by atoms with Crippen LogP contribution in [0.3, 0.4) is 0 Å². The molecule has 6 heteroatoms. The average Bonchev–Trinajstić information content (AvgIpc) is 2.48. The summed E-state index contributed by atoms with van der Waals surface area (Å²) in [5, 5.41) is 1.12. The van der Waals surface area contributed by atoms with Crippen molar-refractivity contribution in [3.63, 3.8) is 0 Å². The Bertz CT molecular complexity index is 742. The highest BCUT2D eigenvalue weighted by Crippen LogP contribution is 2.28. The first-order valence-corrected chi connectivity index (χ1v) is 8.27. The third kappa shape index (κ3) is 4.86. The lowest BCUT2D eigenvalue weighted by Crippen LogP contribution is -2.34. The number of hydrogen-bond acceptors (Lipinski definition) is 3. The van der Waals surface area contributed by atoms with Gasteiger partial charge >= 0.3 is 6.09 Å². The molecule has 0 bridgehead atoms. The molecule has 0 unspecified atom stereocenters. The van der Waals surface area contributed by atoms with Crippen molar-refractivity contribution < 1.29 is 9.53 Å². The first-order valence-electron chi connectivity index (χ1n) is 7.52. The molecule has 0 aliphatic rings. The van der Waals surface area contributed by atoms with Crippen molar-refractivity contribution >= 4 is 35.0 Å². The third-order valence-electron chi connectivity index (χ3n) is 3.27. The Morgan fingerprint density at radius 2 is 1.96 bits per heavy atom. The molecule has 1 heterocycles. The van der Waals surface area contributed by atoms with Crippen LogP contribution in [0, 0.1) is 0 Å². The van der Waals surface area contributed by atoms with Gasteiger partial charge in [-0.2, -0.15) is 0 Å². The maximum Gasteiger partial charge on any atom is 0.414 e. The number of halogens is 2. The summed E-state index contributed by atoms with van der Waals surface area (Å²) in [4.78, 5) is 18.1. The van der Waals surface area contributed by atoms with Gasteiger partial charge in [0.2, 0.25) is 0 Å². The van der Waals surface area contributed by atoms with Crippen molar-refractivity contribution in [2.75, 3.05) is 11.9 Å². The summed E-state index contributed by atoms with van der Waals surface area (Å²) in [7, 11) is 1.66. The highest BCUT2D eigenvalue weighted by molar-refractivity contribution is 6.31. The number of ether oxygens (including phenoxy) is 1. The summed E-state index contributed by atoms with van der Waals surface area (Å²) in [5.74, 6) is 0. The van der Waals surface area contributed by atoms with Crippen LogP contribution in [0.1, 0.15) is 32.0 Å². The van der Waals surface area contributed by atoms with E-state index in [1.807, 2.05) is 26.8 Å². The monoisotopic (exact) mass is 366 g/mol. The molecule has 24 heavy (non-hydrogen) atoms. The molecule has 0 aliphatic carbocycles. The van der Waals surface area contributed by atoms with Crippen LogP contribution in [-0.2, 0) is 11.2 Å². The molecule has 0 fully saturated rings. The van der Waals surface area contributed by atoms with E-state index in [0.29, 0.717) is 22.2 Å². The number of pyridine rings is 1. The van der Waals surface area contributed by atoms with Gasteiger partial charge in [-0.3, -0.25) is 9.88 Å². The number of hydrogen-bond donors (Lipinski definition) is 0. The van der Waals surface area contributed by atoms with Crippen LogP contribution in [0.4, 0.5) is 10.5 Å². The van der Waals surface area contributed by atoms with Gasteiger partial charge in [0.25, 0.3) is 0 Å². The van der Waals surface area contributed by atoms with Crippen LogP contribution in [0.25, 0.3) is 0 Å². The summed E-state index contributed by atoms with van der Waals surface area (Å²) in [6.45, 7) is 5.47. The summed E-state index contributed by atoms with van der Waals surface area (Å²) >= 11 is 12.3. The first kappa shape index (κ1) is 18.6. The molecule has 0 saturated carbocycles. The molecule has 2 rings (SSSR count). The van der Waals surface area contributed by atoms with Crippen LogP contribution >= 0.6 is 23.2 Å². The molecule has 0 radical (unpaired) electrons. The Hall–Kier alpha value is -1.78. The number of aromatic nitrogens is 1. The zero-order valence-corrected chi connectivity index (χ0v) is 15.6. The van der Waals surface area contributed by atoms with Crippen LogP contribution < -0.4 is 4.90 Å². The predicted octanol–water partition coefficient (Wildman–Crippen LogP) is 5.35. The molecular formula is C18H20Cl2N2O2. The van der Waals surface area contributed by atoms with Gasteiger partial charge in [0.1, 0.15) is 5.60 Å². The van der Waals surface area contributed by atoms with E-state index in [-0.39, 0.29) is 0 Å². The zero-order chi connectivity index (χ0) is 17.9. The summed E-state index contributed by atoms with van der Waals surface area (Å²) in [6, 6.07) is 8.94. The van der Waals surface area contributed by atoms with Crippen LogP contribution in [0.15, 0.2) is 36.5 Å². The maximum atomic E-state index is 12.4. The topological polar surface area (TPSA) is 42.4 Å². The number of amides is 1. The molecule has 0 saturated heterocycles. The van der Waals surface area contributed by atoms with E-state index in [4.69, 9.17) is 27.9 Å². The minimum atomic E-state index is -0.575. The molecule has 128 valence electrons. The molecule has 4 nitrogen and oxygen atoms in total. The summed E-state index contributed by atoms with van der Waals surface area (Å²) < 4.78 is 5.42. The minimum absolute atomic E-state index is 0.446. The fourth-order valence-electron chi connectivity index (χ4n) is 2.16. The summed E-state index contributed by atoms with van der Waals surface area (Å²) in [6.07, 6.45) is 1.73. The van der Waals surface area contributed by atoms with Crippen molar-refractivity contribution in [1.82, 2.24) is 4.98 Å². The van der Waals surface area contributed by atoms with Crippen LogP contribution in [0.5, 0.6) is 0 Å². The fraction of sp³-hybridized carbons (Fsp3) is 0.333. The van der Waals surface area contributed by atoms with E-state index in [2.05, 4.69) is 4.98 Å². The van der Waals surface area contributed by atoms with Gasteiger partial charge in [-0.05, 0) is 50.6 Å². The molecule has 1 aromatic carbocycles. The molecule has 1 amide bonds. The Balaban J connectivity index is 2.34. The minimum Gasteiger partial charge on any atom is -0.443 e. The number of anilines is 1. The second-order valence-corrected chi connectivity index (χ2v) is 7.26. The second kappa shape index (κ2) is 7.41. The van der Waals surface area contributed by atoms with E-state index in [1.165, 1.54) is 4.90 Å². The van der Waals surface area contributed by atoms with E-state index in [9.17, 15) is 4.79 Å². The third-order valence-corrected chi connectivity index (χ3v) is 3.85. The number of nitrogens with zero attached hydrogens (tertiary/aromatic N) is 2. The number of rotatable bonds is 3. The maximum absolute atomic E-state index is 12.4. The van der Waals surface area contributed by atoms with E-state index in [1.54, 1.807) is 37.5 Å². The van der Waals surface area contributed by atoms with Gasteiger partial charge in [-0.15, -0.1) is 0 Å². The lowest BCUT2D eigenvalue weighted by molar-refractivity contribution is 0.0589. The van der Waals surface area contributed by atoms with Gasteiger partial charge in [0.15, 0.2) is 0 Å².